The second kappa shape index (κ2) is 7.60. The molecule has 0 unspecified atom stereocenters. The molecule has 23 heavy (non-hydrogen) atoms. The minimum absolute atomic E-state index is 0.532. The fourth-order valence-corrected chi connectivity index (χ4v) is 3.40. The molecule has 0 amide bonds. The van der Waals surface area contributed by atoms with E-state index in [2.05, 4.69) is 59.5 Å². The number of anilines is 2. The van der Waals surface area contributed by atoms with Gasteiger partial charge in [-0.2, -0.15) is 0 Å². The van der Waals surface area contributed by atoms with E-state index in [0.717, 1.165) is 11.5 Å². The third kappa shape index (κ3) is 4.32. The summed E-state index contributed by atoms with van der Waals surface area (Å²) in [5.41, 5.74) is 2.43. The van der Waals surface area contributed by atoms with E-state index in [4.69, 9.17) is 0 Å². The minimum Gasteiger partial charge on any atom is -0.340 e. The molecule has 0 aliphatic carbocycles. The van der Waals surface area contributed by atoms with Crippen molar-refractivity contribution < 1.29 is 0 Å². The standard InChI is InChI=1S/C20H27N3/c1-16(2)15-23-13-7-6-10-19(23)17-11-12-20(21-14-17)22-18-8-4-3-5-9-18/h3-5,8-9,11-12,14,16,19H,6-7,10,13,15H2,1-2H3,(H,21,22)/t19-/m1/s1. The molecule has 2 heterocycles. The van der Waals surface area contributed by atoms with Gasteiger partial charge in [-0.1, -0.05) is 44.5 Å². The first-order chi connectivity index (χ1) is 11.2. The van der Waals surface area contributed by atoms with Crippen LogP contribution in [0.25, 0.3) is 0 Å². The summed E-state index contributed by atoms with van der Waals surface area (Å²) in [5.74, 6) is 1.62. The zero-order valence-electron chi connectivity index (χ0n) is 14.2. The number of pyridine rings is 1. The zero-order valence-corrected chi connectivity index (χ0v) is 14.2. The Kier molecular flexibility index (Phi) is 5.29. The first-order valence-corrected chi connectivity index (χ1v) is 8.74. The van der Waals surface area contributed by atoms with Crippen molar-refractivity contribution in [1.29, 1.82) is 0 Å². The summed E-state index contributed by atoms with van der Waals surface area (Å²) >= 11 is 0. The Morgan fingerprint density at radius 1 is 1.13 bits per heavy atom. The summed E-state index contributed by atoms with van der Waals surface area (Å²) in [6, 6.07) is 15.1. The fourth-order valence-electron chi connectivity index (χ4n) is 3.40. The number of hydrogen-bond acceptors (Lipinski definition) is 3. The van der Waals surface area contributed by atoms with E-state index in [0.29, 0.717) is 12.0 Å². The molecule has 122 valence electrons. The van der Waals surface area contributed by atoms with Crippen molar-refractivity contribution in [3.8, 4) is 0 Å². The van der Waals surface area contributed by atoms with Crippen LogP contribution in [-0.4, -0.2) is 23.0 Å². The van der Waals surface area contributed by atoms with Gasteiger partial charge >= 0.3 is 0 Å². The monoisotopic (exact) mass is 309 g/mol. The van der Waals surface area contributed by atoms with Gasteiger partial charge in [-0.15, -0.1) is 0 Å². The molecular weight excluding hydrogens is 282 g/mol. The second-order valence-electron chi connectivity index (χ2n) is 6.87. The molecule has 2 aromatic rings. The van der Waals surface area contributed by atoms with Gasteiger partial charge in [-0.25, -0.2) is 4.98 Å². The van der Waals surface area contributed by atoms with Crippen LogP contribution in [0.15, 0.2) is 48.7 Å². The summed E-state index contributed by atoms with van der Waals surface area (Å²) in [4.78, 5) is 7.26. The summed E-state index contributed by atoms with van der Waals surface area (Å²) in [5, 5.41) is 3.35. The molecule has 3 rings (SSSR count). The molecule has 0 radical (unpaired) electrons. The van der Waals surface area contributed by atoms with Crippen LogP contribution in [0, 0.1) is 5.92 Å². The van der Waals surface area contributed by atoms with Crippen LogP contribution in [-0.2, 0) is 0 Å². The Labute approximate surface area is 139 Å². The Balaban J connectivity index is 1.70. The van der Waals surface area contributed by atoms with Gasteiger partial charge in [-0.3, -0.25) is 4.90 Å². The maximum atomic E-state index is 4.62. The molecule has 3 nitrogen and oxygen atoms in total. The third-order valence-electron chi connectivity index (χ3n) is 4.43. The van der Waals surface area contributed by atoms with E-state index in [1.54, 1.807) is 0 Å². The number of nitrogens with one attached hydrogen (secondary N) is 1. The molecule has 0 spiro atoms. The number of benzene rings is 1. The lowest BCUT2D eigenvalue weighted by atomic mass is 9.95. The molecule has 1 aliphatic heterocycles. The van der Waals surface area contributed by atoms with E-state index in [9.17, 15) is 0 Å². The fraction of sp³-hybridized carbons (Fsp3) is 0.450. The van der Waals surface area contributed by atoms with Gasteiger partial charge in [0, 0.05) is 24.5 Å². The van der Waals surface area contributed by atoms with Crippen molar-refractivity contribution in [2.45, 2.75) is 39.2 Å². The van der Waals surface area contributed by atoms with Crippen molar-refractivity contribution in [2.24, 2.45) is 5.92 Å². The van der Waals surface area contributed by atoms with E-state index < -0.39 is 0 Å². The van der Waals surface area contributed by atoms with Crippen LogP contribution < -0.4 is 5.32 Å². The Morgan fingerprint density at radius 3 is 2.65 bits per heavy atom. The number of hydrogen-bond donors (Lipinski definition) is 1. The van der Waals surface area contributed by atoms with Gasteiger partial charge in [0.1, 0.15) is 5.82 Å². The van der Waals surface area contributed by atoms with Crippen LogP contribution in [0.3, 0.4) is 0 Å². The Bertz CT molecular complexity index is 592. The quantitative estimate of drug-likeness (QED) is 0.841. The summed E-state index contributed by atoms with van der Waals surface area (Å²) < 4.78 is 0. The number of para-hydroxylation sites is 1. The lowest BCUT2D eigenvalue weighted by Crippen LogP contribution is -2.36. The molecular formula is C20H27N3. The number of nitrogens with zero attached hydrogens (tertiary/aromatic N) is 2. The zero-order chi connectivity index (χ0) is 16.1. The van der Waals surface area contributed by atoms with Crippen LogP contribution in [0.4, 0.5) is 11.5 Å². The lowest BCUT2D eigenvalue weighted by molar-refractivity contribution is 0.132. The molecule has 3 heteroatoms. The average Bonchev–Trinajstić information content (AvgIpc) is 2.57. The molecule has 1 fully saturated rings. The molecule has 1 aromatic carbocycles. The Hall–Kier alpha value is -1.87. The maximum absolute atomic E-state index is 4.62. The van der Waals surface area contributed by atoms with Crippen LogP contribution in [0.5, 0.6) is 0 Å². The summed E-state index contributed by atoms with van der Waals surface area (Å²) in [6.07, 6.45) is 5.95. The second-order valence-corrected chi connectivity index (χ2v) is 6.87. The first kappa shape index (κ1) is 16.0. The average molecular weight is 309 g/mol. The number of likely N-dealkylation sites (tertiary alicyclic amines) is 1. The SMILES string of the molecule is CC(C)CN1CCCC[C@@H]1c1ccc(Nc2ccccc2)nc1. The van der Waals surface area contributed by atoms with E-state index >= 15 is 0 Å². The number of piperidine rings is 1. The van der Waals surface area contributed by atoms with Gasteiger partial charge in [0.05, 0.1) is 0 Å². The summed E-state index contributed by atoms with van der Waals surface area (Å²) in [7, 11) is 0. The highest BCUT2D eigenvalue weighted by Gasteiger charge is 2.24. The number of rotatable bonds is 5. The molecule has 1 saturated heterocycles. The van der Waals surface area contributed by atoms with Crippen molar-refractivity contribution in [3.63, 3.8) is 0 Å². The predicted octanol–water partition coefficient (Wildman–Crippen LogP) is 5.01. The van der Waals surface area contributed by atoms with Crippen molar-refractivity contribution >= 4 is 11.5 Å². The smallest absolute Gasteiger partial charge is 0.130 e. The molecule has 0 saturated carbocycles. The van der Waals surface area contributed by atoms with E-state index in [-0.39, 0.29) is 0 Å². The highest BCUT2D eigenvalue weighted by molar-refractivity contribution is 5.55. The Morgan fingerprint density at radius 2 is 1.96 bits per heavy atom. The van der Waals surface area contributed by atoms with Crippen LogP contribution in [0.1, 0.15) is 44.7 Å². The van der Waals surface area contributed by atoms with Gasteiger partial charge in [0.25, 0.3) is 0 Å². The lowest BCUT2D eigenvalue weighted by Gasteiger charge is -2.37. The molecule has 0 bridgehead atoms. The predicted molar refractivity (Wildman–Crippen MR) is 97.0 cm³/mol. The largest absolute Gasteiger partial charge is 0.340 e. The van der Waals surface area contributed by atoms with Crippen LogP contribution >= 0.6 is 0 Å². The van der Waals surface area contributed by atoms with Crippen molar-refractivity contribution in [1.82, 2.24) is 9.88 Å². The van der Waals surface area contributed by atoms with Crippen molar-refractivity contribution in [3.05, 3.63) is 54.2 Å². The topological polar surface area (TPSA) is 28.2 Å². The third-order valence-corrected chi connectivity index (χ3v) is 4.43. The van der Waals surface area contributed by atoms with Crippen molar-refractivity contribution in [2.75, 3.05) is 18.4 Å². The van der Waals surface area contributed by atoms with E-state index in [1.807, 2.05) is 18.2 Å². The van der Waals surface area contributed by atoms with Gasteiger partial charge in [-0.05, 0) is 49.1 Å². The van der Waals surface area contributed by atoms with Gasteiger partial charge in [0.2, 0.25) is 0 Å². The highest BCUT2D eigenvalue weighted by atomic mass is 15.2. The normalized spacial score (nSPS) is 19.0. The molecule has 1 aromatic heterocycles. The maximum Gasteiger partial charge on any atom is 0.130 e. The van der Waals surface area contributed by atoms with E-state index in [1.165, 1.54) is 37.9 Å². The number of aromatic nitrogens is 1. The molecule has 1 atom stereocenters. The van der Waals surface area contributed by atoms with Gasteiger partial charge < -0.3 is 5.32 Å². The highest BCUT2D eigenvalue weighted by Crippen LogP contribution is 2.31. The first-order valence-electron chi connectivity index (χ1n) is 8.74. The molecule has 1 aliphatic rings. The van der Waals surface area contributed by atoms with Crippen LogP contribution in [0.2, 0.25) is 0 Å². The van der Waals surface area contributed by atoms with Gasteiger partial charge in [0.15, 0.2) is 0 Å². The molecule has 1 N–H and O–H groups in total. The minimum atomic E-state index is 0.532. The summed E-state index contributed by atoms with van der Waals surface area (Å²) in [6.45, 7) is 7.00.